The van der Waals surface area contributed by atoms with Crippen LogP contribution in [0.5, 0.6) is 6.01 Å². The molecule has 228 valence electrons. The van der Waals surface area contributed by atoms with Crippen molar-refractivity contribution in [1.82, 2.24) is 20.2 Å². The van der Waals surface area contributed by atoms with Gasteiger partial charge in [-0.2, -0.15) is 9.97 Å². The number of alkyl halides is 1. The van der Waals surface area contributed by atoms with Gasteiger partial charge in [0.2, 0.25) is 0 Å². The number of fused-ring (bicyclic) bond motifs is 5. The van der Waals surface area contributed by atoms with Crippen LogP contribution in [0.2, 0.25) is 0 Å². The molecule has 6 heterocycles. The van der Waals surface area contributed by atoms with Gasteiger partial charge >= 0.3 is 6.01 Å². The SMILES string of the molecule is C#Cc1c(N)sc2c(F)ccc(-c3c(F)cc4c(N5CC6CCC(C5)N6)nc(OC[C@@]56CCCN5C[C@H](F)C6)nc4c3F)c12. The summed E-state index contributed by atoms with van der Waals surface area (Å²) in [6.45, 7) is 2.57. The lowest BCUT2D eigenvalue weighted by molar-refractivity contribution is 0.107. The van der Waals surface area contributed by atoms with Gasteiger partial charge in [0.05, 0.1) is 21.4 Å². The van der Waals surface area contributed by atoms with Gasteiger partial charge in [0, 0.05) is 48.9 Å². The molecule has 4 aromatic rings. The third kappa shape index (κ3) is 4.24. The van der Waals surface area contributed by atoms with Gasteiger partial charge in [-0.05, 0) is 49.9 Å². The maximum atomic E-state index is 16.7. The van der Waals surface area contributed by atoms with E-state index in [4.69, 9.17) is 21.9 Å². The minimum absolute atomic E-state index is 0.0493. The number of nitrogens with one attached hydrogen (secondary N) is 1. The summed E-state index contributed by atoms with van der Waals surface area (Å²) in [6, 6.07) is 4.13. The highest BCUT2D eigenvalue weighted by atomic mass is 32.1. The number of nitrogen functional groups attached to an aromatic ring is 1. The number of thiophene rings is 1. The van der Waals surface area contributed by atoms with Crippen molar-refractivity contribution in [1.29, 1.82) is 0 Å². The number of hydrogen-bond acceptors (Lipinski definition) is 8. The average molecular weight is 623 g/mol. The molecule has 44 heavy (non-hydrogen) atoms. The Morgan fingerprint density at radius 2 is 1.93 bits per heavy atom. The third-order valence-corrected chi connectivity index (χ3v) is 10.8. The standard InChI is InChI=1S/C32H30F4N6OS/c1-2-19-24-20(6-7-22(34)28(24)44-29(19)37)25-23(35)10-21-27(26(25)36)39-31(40-30(21)41-13-17-4-5-18(14-41)38-17)43-15-32-8-3-9-42(32)12-16(33)11-32/h1,6-7,10,16-18,38H,3-5,8-9,11-15,37H2/t16-,17?,18?,32+/m1/s1. The zero-order chi connectivity index (χ0) is 30.3. The normalized spacial score (nSPS) is 26.5. The molecule has 4 aliphatic heterocycles. The van der Waals surface area contributed by atoms with Gasteiger partial charge in [0.1, 0.15) is 40.7 Å². The first-order valence-corrected chi connectivity index (χ1v) is 15.8. The molecule has 4 aliphatic rings. The average Bonchev–Trinajstić information content (AvgIpc) is 3.73. The van der Waals surface area contributed by atoms with E-state index in [0.717, 1.165) is 49.6 Å². The molecule has 2 bridgehead atoms. The van der Waals surface area contributed by atoms with Crippen LogP contribution in [0, 0.1) is 29.8 Å². The number of rotatable bonds is 5. The minimum atomic E-state index is -0.933. The molecule has 2 aromatic carbocycles. The van der Waals surface area contributed by atoms with E-state index in [0.29, 0.717) is 31.9 Å². The Morgan fingerprint density at radius 1 is 1.14 bits per heavy atom. The van der Waals surface area contributed by atoms with Crippen molar-refractivity contribution in [3.63, 3.8) is 0 Å². The van der Waals surface area contributed by atoms with Crippen molar-refractivity contribution in [3.8, 4) is 29.5 Å². The summed E-state index contributed by atoms with van der Waals surface area (Å²) in [4.78, 5) is 13.4. The monoisotopic (exact) mass is 622 g/mol. The maximum Gasteiger partial charge on any atom is 0.319 e. The second-order valence-electron chi connectivity index (χ2n) is 12.5. The van der Waals surface area contributed by atoms with E-state index < -0.39 is 29.2 Å². The number of anilines is 2. The molecule has 12 heteroatoms. The van der Waals surface area contributed by atoms with Gasteiger partial charge in [-0.1, -0.05) is 12.0 Å². The highest BCUT2D eigenvalue weighted by Gasteiger charge is 2.49. The number of terminal acetylenes is 1. The van der Waals surface area contributed by atoms with Crippen LogP contribution in [-0.2, 0) is 0 Å². The van der Waals surface area contributed by atoms with E-state index in [1.807, 2.05) is 4.90 Å². The summed E-state index contributed by atoms with van der Waals surface area (Å²) in [5.41, 5.74) is 5.38. The van der Waals surface area contributed by atoms with Gasteiger partial charge in [0.25, 0.3) is 0 Å². The highest BCUT2D eigenvalue weighted by Crippen LogP contribution is 2.45. The predicted molar refractivity (Wildman–Crippen MR) is 163 cm³/mol. The molecule has 2 unspecified atom stereocenters. The second-order valence-corrected chi connectivity index (χ2v) is 13.5. The first kappa shape index (κ1) is 27.9. The molecule has 7 nitrogen and oxygen atoms in total. The molecule has 4 fully saturated rings. The number of nitrogens with zero attached hydrogens (tertiary/aromatic N) is 4. The van der Waals surface area contributed by atoms with Crippen molar-refractivity contribution in [2.75, 3.05) is 43.4 Å². The van der Waals surface area contributed by atoms with E-state index in [-0.39, 0.29) is 67.4 Å². The molecule has 0 spiro atoms. The zero-order valence-corrected chi connectivity index (χ0v) is 24.6. The molecule has 3 N–H and O–H groups in total. The quantitative estimate of drug-likeness (QED) is 0.228. The van der Waals surface area contributed by atoms with E-state index in [1.165, 1.54) is 12.1 Å². The summed E-state index contributed by atoms with van der Waals surface area (Å²) < 4.78 is 68.4. The molecular formula is C32H30F4N6OS. The Hall–Kier alpha value is -3.66. The molecular weight excluding hydrogens is 592 g/mol. The molecule has 0 amide bonds. The molecule has 2 aromatic heterocycles. The fraction of sp³-hybridized carbons (Fsp3) is 0.438. The Balaban J connectivity index is 1.29. The Labute approximate surface area is 255 Å². The molecule has 4 saturated heterocycles. The summed E-state index contributed by atoms with van der Waals surface area (Å²) in [6.07, 6.45) is 8.87. The number of piperazine rings is 1. The topological polar surface area (TPSA) is 79.5 Å². The van der Waals surface area contributed by atoms with Crippen LogP contribution in [0.25, 0.3) is 32.1 Å². The predicted octanol–water partition coefficient (Wildman–Crippen LogP) is 5.39. The smallest absolute Gasteiger partial charge is 0.319 e. The van der Waals surface area contributed by atoms with Crippen molar-refractivity contribution in [2.45, 2.75) is 55.9 Å². The largest absolute Gasteiger partial charge is 0.461 e. The zero-order valence-electron chi connectivity index (χ0n) is 23.8. The van der Waals surface area contributed by atoms with Crippen LogP contribution in [0.4, 0.5) is 28.4 Å². The van der Waals surface area contributed by atoms with E-state index >= 15 is 8.78 Å². The second kappa shape index (κ2) is 10.2. The Bertz CT molecular complexity index is 1860. The molecule has 8 rings (SSSR count). The summed E-state index contributed by atoms with van der Waals surface area (Å²) in [5.74, 6) is 0.472. The number of halogens is 4. The van der Waals surface area contributed by atoms with Gasteiger partial charge in [0.15, 0.2) is 5.82 Å². The van der Waals surface area contributed by atoms with Crippen LogP contribution < -0.4 is 20.7 Å². The number of nitrogens with two attached hydrogens (primary N) is 1. The number of ether oxygens (including phenoxy) is 1. The van der Waals surface area contributed by atoms with Crippen molar-refractivity contribution >= 4 is 43.1 Å². The molecule has 0 radical (unpaired) electrons. The van der Waals surface area contributed by atoms with Gasteiger partial charge in [-0.15, -0.1) is 17.8 Å². The highest BCUT2D eigenvalue weighted by molar-refractivity contribution is 7.23. The number of hydrogen-bond donors (Lipinski definition) is 2. The first-order valence-electron chi connectivity index (χ1n) is 14.9. The fourth-order valence-electron chi connectivity index (χ4n) is 7.87. The van der Waals surface area contributed by atoms with Gasteiger partial charge in [-0.25, -0.2) is 17.6 Å². The van der Waals surface area contributed by atoms with Crippen molar-refractivity contribution < 1.29 is 22.3 Å². The van der Waals surface area contributed by atoms with Gasteiger partial charge < -0.3 is 20.7 Å². The van der Waals surface area contributed by atoms with E-state index in [9.17, 15) is 8.78 Å². The lowest BCUT2D eigenvalue weighted by atomic mass is 9.95. The van der Waals surface area contributed by atoms with E-state index in [1.54, 1.807) is 0 Å². The van der Waals surface area contributed by atoms with Gasteiger partial charge in [-0.3, -0.25) is 4.90 Å². The summed E-state index contributed by atoms with van der Waals surface area (Å²) in [5, 5.41) is 4.15. The van der Waals surface area contributed by atoms with E-state index in [2.05, 4.69) is 21.1 Å². The van der Waals surface area contributed by atoms with Crippen LogP contribution in [0.3, 0.4) is 0 Å². The van der Waals surface area contributed by atoms with Crippen LogP contribution in [0.1, 0.15) is 37.7 Å². The van der Waals surface area contributed by atoms with Crippen LogP contribution in [0.15, 0.2) is 18.2 Å². The fourth-order valence-corrected chi connectivity index (χ4v) is 8.83. The lowest BCUT2D eigenvalue weighted by Gasteiger charge is -2.34. The molecule has 4 atom stereocenters. The minimum Gasteiger partial charge on any atom is -0.461 e. The number of benzene rings is 2. The van der Waals surface area contributed by atoms with Crippen molar-refractivity contribution in [3.05, 3.63) is 41.2 Å². The Morgan fingerprint density at radius 3 is 2.70 bits per heavy atom. The maximum absolute atomic E-state index is 16.7. The molecule has 0 saturated carbocycles. The molecule has 0 aliphatic carbocycles. The Kier molecular flexibility index (Phi) is 6.45. The summed E-state index contributed by atoms with van der Waals surface area (Å²) >= 11 is 0.936. The van der Waals surface area contributed by atoms with Crippen molar-refractivity contribution in [2.24, 2.45) is 0 Å². The van der Waals surface area contributed by atoms with Crippen LogP contribution in [-0.4, -0.2) is 71.4 Å². The third-order valence-electron chi connectivity index (χ3n) is 9.82. The lowest BCUT2D eigenvalue weighted by Crippen LogP contribution is -2.51. The number of aromatic nitrogens is 2. The van der Waals surface area contributed by atoms with Crippen LogP contribution >= 0.6 is 11.3 Å². The summed E-state index contributed by atoms with van der Waals surface area (Å²) in [7, 11) is 0. The first-order chi connectivity index (χ1) is 21.2.